The Kier molecular flexibility index (Phi) is 3.11. The molecule has 0 bridgehead atoms. The van der Waals surface area contributed by atoms with Crippen molar-refractivity contribution in [3.63, 3.8) is 0 Å². The second-order valence-corrected chi connectivity index (χ2v) is 4.76. The van der Waals surface area contributed by atoms with E-state index in [1.54, 1.807) is 19.2 Å². The lowest BCUT2D eigenvalue weighted by molar-refractivity contribution is 0.412. The number of ether oxygens (including phenoxy) is 1. The van der Waals surface area contributed by atoms with Crippen molar-refractivity contribution >= 4 is 10.9 Å². The number of rotatable bonds is 3. The van der Waals surface area contributed by atoms with Gasteiger partial charge in [0.05, 0.1) is 7.11 Å². The number of aryl methyl sites for hydroxylation is 1. The molecule has 1 heterocycles. The SMILES string of the molecule is CCc1[nH]c2ccccc2c1-c1cc(OC)ccc1O. The molecule has 3 aromatic rings. The van der Waals surface area contributed by atoms with E-state index in [0.717, 1.165) is 39.9 Å². The van der Waals surface area contributed by atoms with Gasteiger partial charge in [-0.25, -0.2) is 0 Å². The lowest BCUT2D eigenvalue weighted by Gasteiger charge is -2.08. The van der Waals surface area contributed by atoms with Crippen LogP contribution in [0.5, 0.6) is 11.5 Å². The number of para-hydroxylation sites is 1. The minimum Gasteiger partial charge on any atom is -0.507 e. The first-order valence-corrected chi connectivity index (χ1v) is 6.71. The molecular formula is C17H17NO2. The van der Waals surface area contributed by atoms with E-state index in [0.29, 0.717) is 0 Å². The minimum atomic E-state index is 0.269. The van der Waals surface area contributed by atoms with Crippen LogP contribution in [0.1, 0.15) is 12.6 Å². The summed E-state index contributed by atoms with van der Waals surface area (Å²) in [7, 11) is 1.63. The zero-order valence-corrected chi connectivity index (χ0v) is 11.6. The summed E-state index contributed by atoms with van der Waals surface area (Å²) in [6.45, 7) is 2.10. The van der Waals surface area contributed by atoms with E-state index in [9.17, 15) is 5.11 Å². The Hall–Kier alpha value is -2.42. The van der Waals surface area contributed by atoms with Crippen molar-refractivity contribution in [2.24, 2.45) is 0 Å². The van der Waals surface area contributed by atoms with Gasteiger partial charge < -0.3 is 14.8 Å². The molecule has 0 saturated carbocycles. The quantitative estimate of drug-likeness (QED) is 0.750. The molecule has 0 spiro atoms. The van der Waals surface area contributed by atoms with Gasteiger partial charge in [-0.05, 0) is 30.7 Å². The lowest BCUT2D eigenvalue weighted by atomic mass is 9.99. The van der Waals surface area contributed by atoms with Crippen LogP contribution in [0.3, 0.4) is 0 Å². The highest BCUT2D eigenvalue weighted by Gasteiger charge is 2.15. The number of benzene rings is 2. The van der Waals surface area contributed by atoms with Crippen LogP contribution in [0.25, 0.3) is 22.0 Å². The van der Waals surface area contributed by atoms with E-state index in [1.807, 2.05) is 18.2 Å². The minimum absolute atomic E-state index is 0.269. The molecule has 3 rings (SSSR count). The fraction of sp³-hybridized carbons (Fsp3) is 0.176. The third-order valence-corrected chi connectivity index (χ3v) is 3.61. The molecule has 3 heteroatoms. The molecule has 0 amide bonds. The highest BCUT2D eigenvalue weighted by Crippen LogP contribution is 2.39. The smallest absolute Gasteiger partial charge is 0.123 e. The molecule has 0 radical (unpaired) electrons. The monoisotopic (exact) mass is 267 g/mol. The van der Waals surface area contributed by atoms with Crippen LogP contribution in [-0.2, 0) is 6.42 Å². The third kappa shape index (κ3) is 1.92. The van der Waals surface area contributed by atoms with Crippen LogP contribution >= 0.6 is 0 Å². The normalized spacial score (nSPS) is 10.9. The third-order valence-electron chi connectivity index (χ3n) is 3.61. The van der Waals surface area contributed by atoms with Crippen molar-refractivity contribution in [3.8, 4) is 22.6 Å². The molecule has 102 valence electrons. The van der Waals surface area contributed by atoms with Crippen molar-refractivity contribution in [1.29, 1.82) is 0 Å². The molecule has 0 saturated heterocycles. The number of phenols is 1. The first-order valence-electron chi connectivity index (χ1n) is 6.71. The number of aromatic hydroxyl groups is 1. The number of phenolic OH excluding ortho intramolecular Hbond substituents is 1. The molecule has 1 aromatic heterocycles. The Bertz CT molecular complexity index is 759. The fourth-order valence-electron chi connectivity index (χ4n) is 2.61. The molecule has 0 atom stereocenters. The number of aromatic amines is 1. The van der Waals surface area contributed by atoms with E-state index < -0.39 is 0 Å². The predicted molar refractivity (Wildman–Crippen MR) is 81.3 cm³/mol. The highest BCUT2D eigenvalue weighted by molar-refractivity contribution is 5.99. The molecule has 0 fully saturated rings. The Balaban J connectivity index is 2.33. The van der Waals surface area contributed by atoms with E-state index in [4.69, 9.17) is 4.74 Å². The highest BCUT2D eigenvalue weighted by atomic mass is 16.5. The van der Waals surface area contributed by atoms with Gasteiger partial charge in [-0.1, -0.05) is 25.1 Å². The van der Waals surface area contributed by atoms with Crippen LogP contribution in [0.2, 0.25) is 0 Å². The number of fused-ring (bicyclic) bond motifs is 1. The zero-order valence-electron chi connectivity index (χ0n) is 11.6. The number of methoxy groups -OCH3 is 1. The second kappa shape index (κ2) is 4.93. The number of H-pyrrole nitrogens is 1. The molecule has 0 unspecified atom stereocenters. The summed E-state index contributed by atoms with van der Waals surface area (Å²) in [5, 5.41) is 11.3. The van der Waals surface area contributed by atoms with Gasteiger partial charge in [-0.3, -0.25) is 0 Å². The fourth-order valence-corrected chi connectivity index (χ4v) is 2.61. The molecule has 2 aromatic carbocycles. The van der Waals surface area contributed by atoms with Crippen molar-refractivity contribution in [1.82, 2.24) is 4.98 Å². The lowest BCUT2D eigenvalue weighted by Crippen LogP contribution is -1.88. The Labute approximate surface area is 117 Å². The average molecular weight is 267 g/mol. The summed E-state index contributed by atoms with van der Waals surface area (Å²) in [4.78, 5) is 3.43. The maximum Gasteiger partial charge on any atom is 0.123 e. The Morgan fingerprint density at radius 2 is 1.95 bits per heavy atom. The van der Waals surface area contributed by atoms with Gasteiger partial charge in [0.2, 0.25) is 0 Å². The molecule has 0 aliphatic carbocycles. The van der Waals surface area contributed by atoms with Crippen LogP contribution in [0.4, 0.5) is 0 Å². The second-order valence-electron chi connectivity index (χ2n) is 4.76. The molecule has 20 heavy (non-hydrogen) atoms. The van der Waals surface area contributed by atoms with E-state index in [1.165, 1.54) is 0 Å². The van der Waals surface area contributed by atoms with Crippen molar-refractivity contribution < 1.29 is 9.84 Å². The maximum atomic E-state index is 10.2. The van der Waals surface area contributed by atoms with Crippen LogP contribution in [0, 0.1) is 0 Å². The van der Waals surface area contributed by atoms with Gasteiger partial charge in [0.1, 0.15) is 11.5 Å². The standard InChI is InChI=1S/C17H17NO2/c1-3-14-17(12-6-4-5-7-15(12)18-14)13-10-11(20-2)8-9-16(13)19/h4-10,18-19H,3H2,1-2H3. The predicted octanol–water partition coefficient (Wildman–Crippen LogP) is 4.11. The van der Waals surface area contributed by atoms with Gasteiger partial charge in [-0.2, -0.15) is 0 Å². The summed E-state index contributed by atoms with van der Waals surface area (Å²) < 4.78 is 5.27. The number of hydrogen-bond donors (Lipinski definition) is 2. The van der Waals surface area contributed by atoms with Crippen molar-refractivity contribution in [2.45, 2.75) is 13.3 Å². The van der Waals surface area contributed by atoms with Crippen LogP contribution in [-0.4, -0.2) is 17.2 Å². The molecule has 0 aliphatic rings. The summed E-state index contributed by atoms with van der Waals surface area (Å²) in [5.74, 6) is 1.01. The van der Waals surface area contributed by atoms with Gasteiger partial charge in [0.25, 0.3) is 0 Å². The summed E-state index contributed by atoms with van der Waals surface area (Å²) in [6, 6.07) is 13.5. The molecule has 2 N–H and O–H groups in total. The number of nitrogens with one attached hydrogen (secondary N) is 1. The van der Waals surface area contributed by atoms with E-state index in [2.05, 4.69) is 24.0 Å². The van der Waals surface area contributed by atoms with Gasteiger partial charge in [0, 0.05) is 27.7 Å². The summed E-state index contributed by atoms with van der Waals surface area (Å²) in [5.41, 5.74) is 4.06. The topological polar surface area (TPSA) is 45.2 Å². The van der Waals surface area contributed by atoms with Gasteiger partial charge >= 0.3 is 0 Å². The first-order chi connectivity index (χ1) is 9.74. The van der Waals surface area contributed by atoms with Gasteiger partial charge in [0.15, 0.2) is 0 Å². The maximum absolute atomic E-state index is 10.2. The van der Waals surface area contributed by atoms with Gasteiger partial charge in [-0.15, -0.1) is 0 Å². The molecule has 0 aliphatic heterocycles. The molecule has 3 nitrogen and oxygen atoms in total. The molecular weight excluding hydrogens is 250 g/mol. The van der Waals surface area contributed by atoms with Crippen LogP contribution < -0.4 is 4.74 Å². The average Bonchev–Trinajstić information content (AvgIpc) is 2.86. The van der Waals surface area contributed by atoms with Crippen molar-refractivity contribution in [2.75, 3.05) is 7.11 Å². The first kappa shape index (κ1) is 12.6. The van der Waals surface area contributed by atoms with Crippen LogP contribution in [0.15, 0.2) is 42.5 Å². The van der Waals surface area contributed by atoms with E-state index >= 15 is 0 Å². The Morgan fingerprint density at radius 3 is 2.70 bits per heavy atom. The Morgan fingerprint density at radius 1 is 1.15 bits per heavy atom. The number of aromatic nitrogens is 1. The van der Waals surface area contributed by atoms with E-state index in [-0.39, 0.29) is 5.75 Å². The largest absolute Gasteiger partial charge is 0.507 e. The summed E-state index contributed by atoms with van der Waals surface area (Å²) in [6.07, 6.45) is 0.876. The zero-order chi connectivity index (χ0) is 14.1. The van der Waals surface area contributed by atoms with Crippen molar-refractivity contribution in [3.05, 3.63) is 48.2 Å². The summed E-state index contributed by atoms with van der Waals surface area (Å²) >= 11 is 0. The number of hydrogen-bond acceptors (Lipinski definition) is 2.